The van der Waals surface area contributed by atoms with E-state index in [0.717, 1.165) is 10.5 Å². The maximum Gasteiger partial charge on any atom is 0.373 e. The Labute approximate surface area is 198 Å². The van der Waals surface area contributed by atoms with E-state index in [4.69, 9.17) is 9.15 Å². The van der Waals surface area contributed by atoms with E-state index >= 15 is 0 Å². The van der Waals surface area contributed by atoms with E-state index in [0.29, 0.717) is 11.3 Å². The lowest BCUT2D eigenvalue weighted by atomic mass is 10.2. The van der Waals surface area contributed by atoms with Crippen LogP contribution in [0.5, 0.6) is 5.75 Å². The van der Waals surface area contributed by atoms with Gasteiger partial charge in [-0.2, -0.15) is 0 Å². The van der Waals surface area contributed by atoms with Gasteiger partial charge in [-0.05, 0) is 53.6 Å². The second kappa shape index (κ2) is 9.91. The number of nitrogens with one attached hydrogen (secondary N) is 1. The van der Waals surface area contributed by atoms with Gasteiger partial charge in [-0.1, -0.05) is 12.1 Å². The van der Waals surface area contributed by atoms with Crippen LogP contribution in [0.2, 0.25) is 0 Å². The minimum Gasteiger partial charge on any atom is -0.489 e. The fraction of sp³-hybridized carbons (Fsp3) is 0.125. The summed E-state index contributed by atoms with van der Waals surface area (Å²) in [5.74, 6) is -0.405. The van der Waals surface area contributed by atoms with Gasteiger partial charge >= 0.3 is 12.0 Å². The van der Waals surface area contributed by atoms with Crippen molar-refractivity contribution < 1.29 is 33.2 Å². The van der Waals surface area contributed by atoms with Gasteiger partial charge in [0, 0.05) is 12.1 Å². The zero-order chi connectivity index (χ0) is 24.9. The first-order chi connectivity index (χ1) is 16.8. The Balaban J connectivity index is 1.37. The van der Waals surface area contributed by atoms with E-state index in [-0.39, 0.29) is 36.1 Å². The van der Waals surface area contributed by atoms with Crippen molar-refractivity contribution in [1.29, 1.82) is 0 Å². The Morgan fingerprint density at radius 2 is 1.80 bits per heavy atom. The third kappa shape index (κ3) is 5.36. The van der Waals surface area contributed by atoms with Crippen molar-refractivity contribution in [1.82, 2.24) is 10.2 Å². The normalized spacial score (nSPS) is 14.2. The minimum absolute atomic E-state index is 0.00774. The molecular weight excluding hydrogens is 458 g/mol. The lowest BCUT2D eigenvalue weighted by Crippen LogP contribution is -2.30. The quantitative estimate of drug-likeness (QED) is 0.170. The molecule has 11 nitrogen and oxygen atoms in total. The number of non-ortho nitro benzene ring substituents is 1. The summed E-state index contributed by atoms with van der Waals surface area (Å²) < 4.78 is 15.6. The predicted molar refractivity (Wildman–Crippen MR) is 121 cm³/mol. The molecule has 0 bridgehead atoms. The van der Waals surface area contributed by atoms with E-state index in [1.807, 2.05) is 0 Å². The van der Waals surface area contributed by atoms with Crippen molar-refractivity contribution in [3.05, 3.63) is 99.1 Å². The molecule has 1 aromatic heterocycles. The summed E-state index contributed by atoms with van der Waals surface area (Å²) in [7, 11) is 1.22. The molecule has 0 unspecified atom stereocenters. The van der Waals surface area contributed by atoms with Gasteiger partial charge in [0.2, 0.25) is 5.76 Å². The van der Waals surface area contributed by atoms with Crippen LogP contribution in [0.4, 0.5) is 10.5 Å². The van der Waals surface area contributed by atoms with E-state index in [1.165, 1.54) is 37.5 Å². The summed E-state index contributed by atoms with van der Waals surface area (Å²) in [6.07, 6.45) is 1.53. The molecule has 3 amide bonds. The Hall–Kier alpha value is -4.93. The van der Waals surface area contributed by atoms with Gasteiger partial charge < -0.3 is 19.2 Å². The van der Waals surface area contributed by atoms with Crippen molar-refractivity contribution in [3.8, 4) is 5.75 Å². The molecule has 1 fully saturated rings. The van der Waals surface area contributed by atoms with E-state index < -0.39 is 22.8 Å². The molecule has 2 aromatic carbocycles. The summed E-state index contributed by atoms with van der Waals surface area (Å²) in [5, 5.41) is 13.2. The van der Waals surface area contributed by atoms with Crippen LogP contribution in [0.1, 0.15) is 27.4 Å². The van der Waals surface area contributed by atoms with E-state index in [1.54, 1.807) is 36.4 Å². The SMILES string of the molecule is COC(=O)c1ccc(CN2C(=O)NC(=Cc3ccc(OCc4ccc([N+](=O)[O-])cc4)cc3)C2=O)o1. The number of nitro benzene ring substituents is 1. The molecule has 0 spiro atoms. The average Bonchev–Trinajstić information content (AvgIpc) is 3.44. The molecule has 1 aliphatic rings. The number of hydrogen-bond donors (Lipinski definition) is 1. The van der Waals surface area contributed by atoms with Crippen LogP contribution in [0, 0.1) is 10.1 Å². The molecule has 1 saturated heterocycles. The monoisotopic (exact) mass is 477 g/mol. The predicted octanol–water partition coefficient (Wildman–Crippen LogP) is 3.65. The van der Waals surface area contributed by atoms with Crippen molar-refractivity contribution in [2.24, 2.45) is 0 Å². The van der Waals surface area contributed by atoms with E-state index in [9.17, 15) is 24.5 Å². The summed E-state index contributed by atoms with van der Waals surface area (Å²) in [6, 6.07) is 15.2. The number of carbonyl (C=O) groups is 3. The molecule has 1 N–H and O–H groups in total. The molecule has 178 valence electrons. The van der Waals surface area contributed by atoms with Crippen LogP contribution in [-0.4, -0.2) is 34.8 Å². The van der Waals surface area contributed by atoms with Crippen LogP contribution in [0.3, 0.4) is 0 Å². The molecule has 3 aromatic rings. The van der Waals surface area contributed by atoms with Crippen LogP contribution >= 0.6 is 0 Å². The van der Waals surface area contributed by atoms with Crippen LogP contribution in [0.15, 0.2) is 70.8 Å². The molecule has 0 aliphatic carbocycles. The summed E-state index contributed by atoms with van der Waals surface area (Å²) in [5.41, 5.74) is 1.53. The number of carbonyl (C=O) groups excluding carboxylic acids is 3. The Morgan fingerprint density at radius 3 is 2.46 bits per heavy atom. The third-order valence-corrected chi connectivity index (χ3v) is 5.07. The van der Waals surface area contributed by atoms with Gasteiger partial charge in [-0.25, -0.2) is 9.59 Å². The minimum atomic E-state index is -0.658. The maximum absolute atomic E-state index is 12.7. The van der Waals surface area contributed by atoms with E-state index in [2.05, 4.69) is 10.1 Å². The van der Waals surface area contributed by atoms with Gasteiger partial charge in [-0.3, -0.25) is 19.8 Å². The number of benzene rings is 2. The fourth-order valence-electron chi connectivity index (χ4n) is 3.25. The summed E-state index contributed by atoms with van der Waals surface area (Å²) >= 11 is 0. The standard InChI is InChI=1S/C24H19N3O8/c1-33-23(29)21-11-10-19(35-21)13-26-22(28)20(25-24(26)30)12-15-4-8-18(9-5-15)34-14-16-2-6-17(7-3-16)27(31)32/h2-12H,13-14H2,1H3,(H,25,30). The van der Waals surface area contributed by atoms with Crippen molar-refractivity contribution >= 4 is 29.7 Å². The van der Waals surface area contributed by atoms with Crippen molar-refractivity contribution in [2.45, 2.75) is 13.2 Å². The van der Waals surface area contributed by atoms with Gasteiger partial charge in [-0.15, -0.1) is 0 Å². The number of rotatable bonds is 8. The highest BCUT2D eigenvalue weighted by Gasteiger charge is 2.34. The molecule has 0 saturated carbocycles. The molecule has 4 rings (SSSR count). The van der Waals surface area contributed by atoms with Crippen molar-refractivity contribution in [2.75, 3.05) is 7.11 Å². The van der Waals surface area contributed by atoms with Gasteiger partial charge in [0.25, 0.3) is 11.6 Å². The number of urea groups is 1. The highest BCUT2D eigenvalue weighted by Crippen LogP contribution is 2.21. The maximum atomic E-state index is 12.7. The Morgan fingerprint density at radius 1 is 1.09 bits per heavy atom. The number of methoxy groups -OCH3 is 1. The molecule has 0 radical (unpaired) electrons. The Bertz CT molecular complexity index is 1310. The number of nitrogens with zero attached hydrogens (tertiary/aromatic N) is 2. The lowest BCUT2D eigenvalue weighted by Gasteiger charge is -2.09. The first-order valence-corrected chi connectivity index (χ1v) is 10.3. The molecule has 0 atom stereocenters. The zero-order valence-electron chi connectivity index (χ0n) is 18.4. The zero-order valence-corrected chi connectivity index (χ0v) is 18.4. The lowest BCUT2D eigenvalue weighted by molar-refractivity contribution is -0.384. The molecule has 35 heavy (non-hydrogen) atoms. The number of furan rings is 1. The number of hydrogen-bond acceptors (Lipinski definition) is 8. The number of amides is 3. The van der Waals surface area contributed by atoms with Crippen LogP contribution < -0.4 is 10.1 Å². The summed E-state index contributed by atoms with van der Waals surface area (Å²) in [6.45, 7) is 0.0842. The average molecular weight is 477 g/mol. The second-order valence-corrected chi connectivity index (χ2v) is 7.42. The third-order valence-electron chi connectivity index (χ3n) is 5.07. The van der Waals surface area contributed by atoms with Crippen LogP contribution in [0.25, 0.3) is 6.08 Å². The first-order valence-electron chi connectivity index (χ1n) is 10.3. The number of esters is 1. The van der Waals surface area contributed by atoms with Crippen LogP contribution in [-0.2, 0) is 22.7 Å². The highest BCUT2D eigenvalue weighted by molar-refractivity contribution is 6.13. The largest absolute Gasteiger partial charge is 0.489 e. The first kappa shape index (κ1) is 23.2. The van der Waals surface area contributed by atoms with Gasteiger partial charge in [0.1, 0.15) is 23.8 Å². The molecule has 2 heterocycles. The second-order valence-electron chi connectivity index (χ2n) is 7.42. The summed E-state index contributed by atoms with van der Waals surface area (Å²) in [4.78, 5) is 47.7. The molecule has 1 aliphatic heterocycles. The Kier molecular flexibility index (Phi) is 6.58. The number of ether oxygens (including phenoxy) is 2. The smallest absolute Gasteiger partial charge is 0.373 e. The van der Waals surface area contributed by atoms with Gasteiger partial charge in [0.15, 0.2) is 0 Å². The van der Waals surface area contributed by atoms with Gasteiger partial charge in [0.05, 0.1) is 18.6 Å². The topological polar surface area (TPSA) is 141 Å². The van der Waals surface area contributed by atoms with Crippen molar-refractivity contribution in [3.63, 3.8) is 0 Å². The molecular formula is C24H19N3O8. The highest BCUT2D eigenvalue weighted by atomic mass is 16.6. The number of imide groups is 1. The molecule has 11 heteroatoms. The fourth-order valence-corrected chi connectivity index (χ4v) is 3.25. The number of nitro groups is 1.